The molecule has 0 aliphatic carbocycles. The standard InChI is InChI=1S/C21H21Cl3N2O10/c1-11(2)15(18(29)30)26-16(28)14(25-19(31)33-8-12-6-4-3-5-7-12)17(26)36-13(27)9-34-20(32)35-10-21(22,23)24/h3-7,14,17H,8-10H2,1-2H3,(H,25,31)(H,29,30)/t14-,17-/m0/s1. The lowest BCUT2D eigenvalue weighted by Gasteiger charge is -2.45. The van der Waals surface area contributed by atoms with Crippen LogP contribution in [0.15, 0.2) is 41.6 Å². The molecule has 36 heavy (non-hydrogen) atoms. The van der Waals surface area contributed by atoms with Crippen LogP contribution >= 0.6 is 34.8 Å². The minimum atomic E-state index is -1.90. The number of allylic oxidation sites excluding steroid dienone is 1. The summed E-state index contributed by atoms with van der Waals surface area (Å²) >= 11 is 16.3. The SMILES string of the molecule is CC(C)=C(C(=O)O)N1C(=O)[C@H](NC(=O)OCc2ccccc2)[C@@H]1OC(=O)COC(=O)OCC(Cl)(Cl)Cl. The third kappa shape index (κ3) is 8.47. The van der Waals surface area contributed by atoms with Gasteiger partial charge in [0.2, 0.25) is 10.0 Å². The molecule has 0 spiro atoms. The van der Waals surface area contributed by atoms with Crippen LogP contribution in [0.5, 0.6) is 0 Å². The minimum Gasteiger partial charge on any atom is -0.477 e. The Morgan fingerprint density at radius 1 is 1.06 bits per heavy atom. The highest BCUT2D eigenvalue weighted by atomic mass is 35.6. The first kappa shape index (κ1) is 29.0. The summed E-state index contributed by atoms with van der Waals surface area (Å²) in [7, 11) is 0. The first-order chi connectivity index (χ1) is 16.8. The first-order valence-electron chi connectivity index (χ1n) is 10.1. The van der Waals surface area contributed by atoms with E-state index in [1.54, 1.807) is 30.3 Å². The zero-order valence-electron chi connectivity index (χ0n) is 18.9. The number of carboxylic acid groups (broad SMARTS) is 1. The molecule has 0 saturated carbocycles. The molecule has 1 aromatic rings. The molecule has 1 aliphatic heterocycles. The number of carboxylic acids is 1. The van der Waals surface area contributed by atoms with Crippen LogP contribution in [0.25, 0.3) is 0 Å². The molecule has 1 fully saturated rings. The summed E-state index contributed by atoms with van der Waals surface area (Å²) in [5, 5.41) is 11.7. The highest BCUT2D eigenvalue weighted by Gasteiger charge is 2.54. The Kier molecular flexibility index (Phi) is 10.2. The number of carbonyl (C=O) groups is 5. The van der Waals surface area contributed by atoms with Crippen molar-refractivity contribution in [2.75, 3.05) is 13.2 Å². The smallest absolute Gasteiger partial charge is 0.477 e. The fourth-order valence-electron chi connectivity index (χ4n) is 2.87. The van der Waals surface area contributed by atoms with Gasteiger partial charge >= 0.3 is 24.2 Å². The molecule has 1 saturated heterocycles. The van der Waals surface area contributed by atoms with E-state index in [1.807, 2.05) is 0 Å². The van der Waals surface area contributed by atoms with Crippen LogP contribution in [0, 0.1) is 0 Å². The highest BCUT2D eigenvalue weighted by molar-refractivity contribution is 6.67. The van der Waals surface area contributed by atoms with Crippen molar-refractivity contribution in [2.45, 2.75) is 36.5 Å². The largest absolute Gasteiger partial charge is 0.508 e. The van der Waals surface area contributed by atoms with Crippen molar-refractivity contribution in [3.8, 4) is 0 Å². The monoisotopic (exact) mass is 566 g/mol. The summed E-state index contributed by atoms with van der Waals surface area (Å²) in [6.45, 7) is 1.10. The zero-order valence-corrected chi connectivity index (χ0v) is 21.1. The van der Waals surface area contributed by atoms with Crippen molar-refractivity contribution in [3.63, 3.8) is 0 Å². The van der Waals surface area contributed by atoms with Crippen LogP contribution in [0.4, 0.5) is 9.59 Å². The summed E-state index contributed by atoms with van der Waals surface area (Å²) in [6, 6.07) is 7.20. The third-order valence-electron chi connectivity index (χ3n) is 4.36. The Morgan fingerprint density at radius 3 is 2.25 bits per heavy atom. The first-order valence-corrected chi connectivity index (χ1v) is 11.2. The van der Waals surface area contributed by atoms with Crippen LogP contribution < -0.4 is 5.32 Å². The maximum atomic E-state index is 12.7. The molecule has 1 aliphatic rings. The van der Waals surface area contributed by atoms with Gasteiger partial charge in [0.1, 0.15) is 18.9 Å². The fourth-order valence-corrected chi connectivity index (χ4v) is 3.04. The molecule has 15 heteroatoms. The number of hydrogen-bond acceptors (Lipinski definition) is 9. The number of alkyl carbamates (subject to hydrolysis) is 1. The predicted octanol–water partition coefficient (Wildman–Crippen LogP) is 2.89. The molecule has 2 rings (SSSR count). The zero-order chi connectivity index (χ0) is 27.0. The topological polar surface area (TPSA) is 158 Å². The number of nitrogens with zero attached hydrogens (tertiary/aromatic N) is 1. The Balaban J connectivity index is 2.05. The molecule has 0 radical (unpaired) electrons. The maximum absolute atomic E-state index is 12.7. The summed E-state index contributed by atoms with van der Waals surface area (Å²) in [4.78, 5) is 61.0. The van der Waals surface area contributed by atoms with Crippen molar-refractivity contribution >= 4 is 64.9 Å². The van der Waals surface area contributed by atoms with Gasteiger partial charge < -0.3 is 29.4 Å². The minimum absolute atomic E-state index is 0.111. The Bertz CT molecular complexity index is 1040. The van der Waals surface area contributed by atoms with Crippen LogP contribution in [0.1, 0.15) is 19.4 Å². The number of nitrogens with one attached hydrogen (secondary N) is 1. The van der Waals surface area contributed by atoms with Gasteiger partial charge in [0.25, 0.3) is 5.91 Å². The number of rotatable bonds is 9. The Labute approximate surface area is 219 Å². The number of likely N-dealkylation sites (tertiary alicyclic amines) is 1. The molecule has 2 atom stereocenters. The number of ether oxygens (including phenoxy) is 4. The van der Waals surface area contributed by atoms with E-state index in [9.17, 15) is 29.1 Å². The molecule has 0 unspecified atom stereocenters. The lowest BCUT2D eigenvalue weighted by molar-refractivity contribution is -0.189. The normalized spacial score (nSPS) is 16.8. The van der Waals surface area contributed by atoms with E-state index >= 15 is 0 Å². The Hall–Kier alpha value is -3.22. The number of amides is 2. The number of hydrogen-bond donors (Lipinski definition) is 2. The number of esters is 1. The van der Waals surface area contributed by atoms with E-state index in [0.717, 1.165) is 0 Å². The van der Waals surface area contributed by atoms with Crippen molar-refractivity contribution in [1.29, 1.82) is 0 Å². The van der Waals surface area contributed by atoms with Crippen molar-refractivity contribution < 1.29 is 48.0 Å². The van der Waals surface area contributed by atoms with E-state index in [-0.39, 0.29) is 12.2 Å². The molecular weight excluding hydrogens is 547 g/mol. The summed E-state index contributed by atoms with van der Waals surface area (Å²) in [6.07, 6.45) is -3.94. The number of aliphatic carboxylic acids is 1. The van der Waals surface area contributed by atoms with Gasteiger partial charge in [-0.3, -0.25) is 9.69 Å². The number of halogens is 3. The van der Waals surface area contributed by atoms with Crippen molar-refractivity contribution in [3.05, 3.63) is 47.2 Å². The quantitative estimate of drug-likeness (QED) is 0.149. The lowest BCUT2D eigenvalue weighted by atomic mass is 10.0. The molecule has 1 aromatic carbocycles. The maximum Gasteiger partial charge on any atom is 0.508 e. The van der Waals surface area contributed by atoms with Gasteiger partial charge in [0.05, 0.1) is 0 Å². The predicted molar refractivity (Wildman–Crippen MR) is 124 cm³/mol. The van der Waals surface area contributed by atoms with Crippen molar-refractivity contribution in [2.24, 2.45) is 0 Å². The van der Waals surface area contributed by atoms with Gasteiger partial charge in [-0.25, -0.2) is 19.2 Å². The number of benzene rings is 1. The van der Waals surface area contributed by atoms with Crippen LogP contribution in [0.2, 0.25) is 0 Å². The van der Waals surface area contributed by atoms with Gasteiger partial charge in [-0.15, -0.1) is 0 Å². The number of β-lactam (4-membered cyclic amide) rings is 1. The molecule has 0 bridgehead atoms. The summed E-state index contributed by atoms with van der Waals surface area (Å²) in [5.74, 6) is -3.53. The van der Waals surface area contributed by atoms with Gasteiger partial charge in [-0.05, 0) is 25.0 Å². The molecule has 0 aromatic heterocycles. The second kappa shape index (κ2) is 12.7. The Morgan fingerprint density at radius 2 is 1.69 bits per heavy atom. The van der Waals surface area contributed by atoms with Gasteiger partial charge in [-0.2, -0.15) is 0 Å². The molecule has 196 valence electrons. The van der Waals surface area contributed by atoms with E-state index in [0.29, 0.717) is 10.5 Å². The lowest BCUT2D eigenvalue weighted by Crippen LogP contribution is -2.72. The number of carbonyl (C=O) groups excluding carboxylic acids is 4. The summed E-state index contributed by atoms with van der Waals surface area (Å²) < 4.78 is 17.3. The molecular formula is C21H21Cl3N2O10. The fraction of sp³-hybridized carbons (Fsp3) is 0.381. The van der Waals surface area contributed by atoms with Gasteiger partial charge in [-0.1, -0.05) is 65.1 Å². The number of alkyl halides is 3. The third-order valence-corrected chi connectivity index (χ3v) is 4.69. The molecule has 2 amide bonds. The highest BCUT2D eigenvalue weighted by Crippen LogP contribution is 2.29. The molecule has 2 N–H and O–H groups in total. The van der Waals surface area contributed by atoms with Crippen molar-refractivity contribution in [1.82, 2.24) is 10.2 Å². The van der Waals surface area contributed by atoms with E-state index in [1.165, 1.54) is 13.8 Å². The summed E-state index contributed by atoms with van der Waals surface area (Å²) in [5.41, 5.74) is 0.429. The van der Waals surface area contributed by atoms with E-state index in [4.69, 9.17) is 44.3 Å². The van der Waals surface area contributed by atoms with Crippen LogP contribution in [0.3, 0.4) is 0 Å². The van der Waals surface area contributed by atoms with E-state index < -0.39 is 65.1 Å². The van der Waals surface area contributed by atoms with Gasteiger partial charge in [0, 0.05) is 0 Å². The average Bonchev–Trinajstić information content (AvgIpc) is 2.80. The molecule has 12 nitrogen and oxygen atoms in total. The van der Waals surface area contributed by atoms with Gasteiger partial charge in [0.15, 0.2) is 12.6 Å². The average molecular weight is 568 g/mol. The second-order valence-corrected chi connectivity index (χ2v) is 9.88. The molecule has 1 heterocycles. The van der Waals surface area contributed by atoms with E-state index in [2.05, 4.69) is 14.8 Å². The van der Waals surface area contributed by atoms with Crippen LogP contribution in [-0.2, 0) is 39.9 Å². The van der Waals surface area contributed by atoms with Crippen LogP contribution in [-0.4, -0.2) is 69.4 Å². The second-order valence-electron chi connectivity index (χ2n) is 7.37.